The van der Waals surface area contributed by atoms with Crippen LogP contribution in [-0.4, -0.2) is 24.8 Å². The highest BCUT2D eigenvalue weighted by molar-refractivity contribution is 5.73. The summed E-state index contributed by atoms with van der Waals surface area (Å²) in [5.41, 5.74) is 3.52. The Morgan fingerprint density at radius 3 is 1.44 bits per heavy atom. The molecule has 9 nitrogen and oxygen atoms in total. The zero-order chi connectivity index (χ0) is 32.1. The van der Waals surface area contributed by atoms with E-state index in [1.54, 1.807) is 6.92 Å². The number of hydrogen-bond donors (Lipinski definition) is 2. The van der Waals surface area contributed by atoms with Crippen molar-refractivity contribution in [2.75, 3.05) is 6.61 Å². The topological polar surface area (TPSA) is 127 Å². The highest BCUT2D eigenvalue weighted by Gasteiger charge is 2.20. The lowest BCUT2D eigenvalue weighted by Crippen LogP contribution is -2.31. The average molecular weight is 608 g/mol. The number of alkyl carbamates (subject to hydrolysis) is 2. The molecule has 0 aliphatic heterocycles. The van der Waals surface area contributed by atoms with Gasteiger partial charge in [-0.1, -0.05) is 121 Å². The van der Waals surface area contributed by atoms with Gasteiger partial charge in [-0.3, -0.25) is 4.79 Å². The van der Waals surface area contributed by atoms with Crippen LogP contribution in [0, 0.1) is 11.3 Å². The van der Waals surface area contributed by atoms with Crippen molar-refractivity contribution in [1.29, 1.82) is 5.26 Å². The average Bonchev–Trinajstić information content (AvgIpc) is 3.08. The van der Waals surface area contributed by atoms with E-state index in [9.17, 15) is 14.4 Å². The third kappa shape index (κ3) is 13.1. The Balaban J connectivity index is 0.000000248. The molecule has 2 N–H and O–H groups in total. The number of hydrogen-bond acceptors (Lipinski definition) is 7. The van der Waals surface area contributed by atoms with Crippen LogP contribution in [0.3, 0.4) is 0 Å². The zero-order valence-corrected chi connectivity index (χ0v) is 25.1. The molecule has 0 aliphatic rings. The molecule has 45 heavy (non-hydrogen) atoms. The molecule has 232 valence electrons. The molecule has 0 saturated carbocycles. The van der Waals surface area contributed by atoms with Crippen LogP contribution in [0.4, 0.5) is 9.59 Å². The van der Waals surface area contributed by atoms with Gasteiger partial charge in [-0.25, -0.2) is 9.59 Å². The predicted octanol–water partition coefficient (Wildman–Crippen LogP) is 7.18. The smallest absolute Gasteiger partial charge is 0.407 e. The van der Waals surface area contributed by atoms with Crippen LogP contribution in [0.15, 0.2) is 121 Å². The highest BCUT2D eigenvalue weighted by atomic mass is 16.6. The molecule has 4 aromatic rings. The Labute approximate surface area is 263 Å². The number of amides is 2. The van der Waals surface area contributed by atoms with E-state index in [2.05, 4.69) is 16.7 Å². The van der Waals surface area contributed by atoms with Crippen molar-refractivity contribution in [2.24, 2.45) is 0 Å². The minimum atomic E-state index is -0.572. The lowest BCUT2D eigenvalue weighted by atomic mass is 10.0. The third-order valence-corrected chi connectivity index (χ3v) is 6.39. The predicted molar refractivity (Wildman–Crippen MR) is 169 cm³/mol. The van der Waals surface area contributed by atoms with Gasteiger partial charge in [0.05, 0.1) is 37.6 Å². The van der Waals surface area contributed by atoms with Gasteiger partial charge < -0.3 is 24.8 Å². The maximum atomic E-state index is 12.1. The molecule has 9 heteroatoms. The summed E-state index contributed by atoms with van der Waals surface area (Å²) in [6.45, 7) is 2.43. The summed E-state index contributed by atoms with van der Waals surface area (Å²) < 4.78 is 15.4. The number of carbonyl (C=O) groups excluding carboxylic acids is 3. The van der Waals surface area contributed by atoms with Crippen molar-refractivity contribution < 1.29 is 28.6 Å². The van der Waals surface area contributed by atoms with E-state index < -0.39 is 18.2 Å². The van der Waals surface area contributed by atoms with E-state index in [0.717, 1.165) is 22.3 Å². The first kappa shape index (κ1) is 33.9. The largest absolute Gasteiger partial charge is 0.466 e. The number of nitrogens with one attached hydrogen (secondary N) is 2. The molecular weight excluding hydrogens is 570 g/mol. The number of nitrogens with zero attached hydrogens (tertiary/aromatic N) is 1. The van der Waals surface area contributed by atoms with E-state index in [-0.39, 0.29) is 38.1 Å². The first-order valence-corrected chi connectivity index (χ1v) is 14.5. The minimum Gasteiger partial charge on any atom is -0.466 e. The molecule has 4 rings (SSSR count). The van der Waals surface area contributed by atoms with Gasteiger partial charge in [-0.05, 0) is 29.2 Å². The molecule has 0 saturated heterocycles. The molecule has 0 heterocycles. The highest BCUT2D eigenvalue weighted by Crippen LogP contribution is 2.18. The van der Waals surface area contributed by atoms with Crippen molar-refractivity contribution in [3.8, 4) is 6.07 Å². The summed E-state index contributed by atoms with van der Waals surface area (Å²) in [5, 5.41) is 14.3. The first-order valence-electron chi connectivity index (χ1n) is 14.5. The molecular formula is C36H37N3O6. The monoisotopic (exact) mass is 607 g/mol. The first-order chi connectivity index (χ1) is 22.0. The Kier molecular flexibility index (Phi) is 14.7. The van der Waals surface area contributed by atoms with Crippen molar-refractivity contribution in [3.63, 3.8) is 0 Å². The van der Waals surface area contributed by atoms with Crippen LogP contribution in [0.5, 0.6) is 0 Å². The van der Waals surface area contributed by atoms with Crippen LogP contribution >= 0.6 is 0 Å². The summed E-state index contributed by atoms with van der Waals surface area (Å²) >= 11 is 0. The number of esters is 1. The van der Waals surface area contributed by atoms with E-state index in [4.69, 9.17) is 19.5 Å². The number of ether oxygens (including phenoxy) is 3. The lowest BCUT2D eigenvalue weighted by Gasteiger charge is -2.18. The van der Waals surface area contributed by atoms with Crippen LogP contribution in [0.2, 0.25) is 0 Å². The van der Waals surface area contributed by atoms with Crippen molar-refractivity contribution in [3.05, 3.63) is 144 Å². The summed E-state index contributed by atoms with van der Waals surface area (Å²) in [7, 11) is 0. The summed E-state index contributed by atoms with van der Waals surface area (Å²) in [5.74, 6) is -0.366. The van der Waals surface area contributed by atoms with Gasteiger partial charge >= 0.3 is 18.2 Å². The Hall–Kier alpha value is -5.62. The second-order valence-corrected chi connectivity index (χ2v) is 9.71. The Bertz CT molecular complexity index is 1480. The molecule has 4 aromatic carbocycles. The van der Waals surface area contributed by atoms with E-state index in [1.807, 2.05) is 121 Å². The minimum absolute atomic E-state index is 0.0539. The standard InChI is InChI=1S/C19H21NO4.C17H16N2O2/c1-2-23-18(21)13-17(16-11-7-4-8-12-16)20-19(22)24-14-15-9-5-3-6-10-15;18-12-11-16(15-9-5-2-6-10-15)19-17(20)21-13-14-7-3-1-4-8-14/h3-12,17H,2,13-14H2,1H3,(H,20,22);1-10,16H,11,13H2,(H,19,20)/t17-;16-/m00/s1. The van der Waals surface area contributed by atoms with E-state index >= 15 is 0 Å². The number of benzene rings is 4. The molecule has 0 aromatic heterocycles. The summed E-state index contributed by atoms with van der Waals surface area (Å²) in [4.78, 5) is 35.7. The number of rotatable bonds is 12. The number of carbonyl (C=O) groups is 3. The molecule has 0 bridgehead atoms. The van der Waals surface area contributed by atoms with Crippen LogP contribution in [0.25, 0.3) is 0 Å². The van der Waals surface area contributed by atoms with Gasteiger partial charge in [0.25, 0.3) is 0 Å². The van der Waals surface area contributed by atoms with Crippen LogP contribution < -0.4 is 10.6 Å². The normalized spacial score (nSPS) is 11.3. The fourth-order valence-electron chi connectivity index (χ4n) is 4.17. The quantitative estimate of drug-likeness (QED) is 0.129. The van der Waals surface area contributed by atoms with Crippen LogP contribution in [-0.2, 0) is 32.2 Å². The Morgan fingerprint density at radius 2 is 1.02 bits per heavy atom. The molecule has 2 atom stereocenters. The second kappa shape index (κ2) is 19.5. The lowest BCUT2D eigenvalue weighted by molar-refractivity contribution is -0.143. The van der Waals surface area contributed by atoms with Crippen molar-refractivity contribution in [1.82, 2.24) is 10.6 Å². The SMILES string of the molecule is CCOC(=O)C[C@H](NC(=O)OCc1ccccc1)c1ccccc1.N#CC[C@H](NC(=O)OCc1ccccc1)c1ccccc1. The van der Waals surface area contributed by atoms with Gasteiger partial charge in [-0.15, -0.1) is 0 Å². The van der Waals surface area contributed by atoms with Gasteiger partial charge in [0.15, 0.2) is 0 Å². The molecule has 2 amide bonds. The molecule has 0 radical (unpaired) electrons. The van der Waals surface area contributed by atoms with Gasteiger partial charge in [0, 0.05) is 0 Å². The van der Waals surface area contributed by atoms with Crippen molar-refractivity contribution >= 4 is 18.2 Å². The fourth-order valence-corrected chi connectivity index (χ4v) is 4.17. The van der Waals surface area contributed by atoms with E-state index in [1.165, 1.54) is 0 Å². The summed E-state index contributed by atoms with van der Waals surface area (Å²) in [6, 6.07) is 38.7. The second-order valence-electron chi connectivity index (χ2n) is 9.71. The molecule has 0 fully saturated rings. The maximum absolute atomic E-state index is 12.1. The fraction of sp³-hybridized carbons (Fsp3) is 0.222. The maximum Gasteiger partial charge on any atom is 0.407 e. The summed E-state index contributed by atoms with van der Waals surface area (Å²) in [6.07, 6.45) is -0.845. The molecule has 0 aliphatic carbocycles. The van der Waals surface area contributed by atoms with Crippen LogP contribution in [0.1, 0.15) is 54.1 Å². The van der Waals surface area contributed by atoms with Gasteiger partial charge in [0.2, 0.25) is 0 Å². The van der Waals surface area contributed by atoms with Crippen molar-refractivity contribution in [2.45, 2.75) is 45.1 Å². The third-order valence-electron chi connectivity index (χ3n) is 6.39. The van der Waals surface area contributed by atoms with E-state index in [0.29, 0.717) is 6.61 Å². The Morgan fingerprint density at radius 1 is 0.622 bits per heavy atom. The zero-order valence-electron chi connectivity index (χ0n) is 25.1. The molecule has 0 spiro atoms. The number of nitriles is 1. The molecule has 0 unspecified atom stereocenters. The van der Waals surface area contributed by atoms with Gasteiger partial charge in [0.1, 0.15) is 13.2 Å². The van der Waals surface area contributed by atoms with Gasteiger partial charge in [-0.2, -0.15) is 5.26 Å².